The van der Waals surface area contributed by atoms with Gasteiger partial charge in [0.25, 0.3) is 5.91 Å². The largest absolute Gasteiger partial charge is 0.497 e. The van der Waals surface area contributed by atoms with E-state index in [-0.39, 0.29) is 11.7 Å². The van der Waals surface area contributed by atoms with Crippen LogP contribution in [0.2, 0.25) is 0 Å². The molecule has 0 bridgehead atoms. The van der Waals surface area contributed by atoms with Gasteiger partial charge in [-0.25, -0.2) is 9.07 Å². The van der Waals surface area contributed by atoms with Crippen LogP contribution in [0.15, 0.2) is 97.3 Å². The number of ether oxygens (including phenoxy) is 2. The Labute approximate surface area is 213 Å². The molecule has 5 aromatic rings. The third-order valence-electron chi connectivity index (χ3n) is 6.01. The highest BCUT2D eigenvalue weighted by atomic mass is 19.1. The molecule has 0 aliphatic rings. The van der Waals surface area contributed by atoms with Crippen LogP contribution < -0.4 is 14.8 Å². The molecule has 0 radical (unpaired) electrons. The van der Waals surface area contributed by atoms with Crippen LogP contribution in [0.3, 0.4) is 0 Å². The number of nitrogens with zero attached hydrogens (tertiary/aromatic N) is 3. The second-order valence-electron chi connectivity index (χ2n) is 8.55. The normalized spacial score (nSPS) is 12.6. The number of carbonyl (C=O) groups excluding carboxylic acids is 1. The second-order valence-corrected chi connectivity index (χ2v) is 8.55. The molecule has 1 amide bonds. The molecular formula is C29H25FN4O3. The Kier molecular flexibility index (Phi) is 6.81. The molecule has 1 N–H and O–H groups in total. The van der Waals surface area contributed by atoms with Gasteiger partial charge in [0.1, 0.15) is 29.1 Å². The van der Waals surface area contributed by atoms with Crippen molar-refractivity contribution >= 4 is 16.8 Å². The number of amides is 1. The van der Waals surface area contributed by atoms with Gasteiger partial charge in [0.2, 0.25) is 0 Å². The minimum Gasteiger partial charge on any atom is -0.497 e. The average molecular weight is 497 g/mol. The zero-order chi connectivity index (χ0) is 25.8. The quantitative estimate of drug-likeness (QED) is 0.307. The van der Waals surface area contributed by atoms with Gasteiger partial charge in [-0.3, -0.25) is 9.78 Å². The average Bonchev–Trinajstić information content (AvgIpc) is 3.36. The summed E-state index contributed by atoms with van der Waals surface area (Å²) in [4.78, 5) is 16.9. The van der Waals surface area contributed by atoms with Gasteiger partial charge in [-0.2, -0.15) is 5.10 Å². The van der Waals surface area contributed by atoms with Crippen LogP contribution in [0.25, 0.3) is 16.6 Å². The number of halogens is 1. The molecule has 2 heterocycles. The summed E-state index contributed by atoms with van der Waals surface area (Å²) in [5.41, 5.74) is 2.78. The fourth-order valence-electron chi connectivity index (χ4n) is 4.15. The molecule has 186 valence electrons. The zero-order valence-corrected chi connectivity index (χ0v) is 20.3. The molecule has 5 rings (SSSR count). The van der Waals surface area contributed by atoms with E-state index < -0.39 is 12.1 Å². The van der Waals surface area contributed by atoms with Gasteiger partial charge in [-0.05, 0) is 79.2 Å². The standard InChI is InChI=1S/C29H25FN4O3/c1-19(33-29(35)26-8-3-4-15-31-26)28(20-6-5-7-24(16-20)36-2)37-25-13-14-27-21(17-25)18-32-34(27)23-11-9-22(30)10-12-23/h3-19,28H,1-2H3,(H,33,35)/t19-,28-/m0/s1. The summed E-state index contributed by atoms with van der Waals surface area (Å²) >= 11 is 0. The number of hydrogen-bond donors (Lipinski definition) is 1. The Morgan fingerprint density at radius 1 is 0.973 bits per heavy atom. The van der Waals surface area contributed by atoms with Crippen molar-refractivity contribution in [3.05, 3.63) is 114 Å². The van der Waals surface area contributed by atoms with Crippen molar-refractivity contribution in [1.82, 2.24) is 20.1 Å². The topological polar surface area (TPSA) is 78.3 Å². The molecule has 3 aromatic carbocycles. The van der Waals surface area contributed by atoms with Gasteiger partial charge in [-0.15, -0.1) is 0 Å². The first-order valence-electron chi connectivity index (χ1n) is 11.8. The molecular weight excluding hydrogens is 471 g/mol. The molecule has 0 saturated carbocycles. The molecule has 7 nitrogen and oxygen atoms in total. The van der Waals surface area contributed by atoms with E-state index in [9.17, 15) is 9.18 Å². The lowest BCUT2D eigenvalue weighted by Gasteiger charge is -2.27. The van der Waals surface area contributed by atoms with E-state index in [1.54, 1.807) is 54.5 Å². The lowest BCUT2D eigenvalue weighted by atomic mass is 10.0. The third kappa shape index (κ3) is 5.28. The highest BCUT2D eigenvalue weighted by molar-refractivity contribution is 5.92. The van der Waals surface area contributed by atoms with Crippen molar-refractivity contribution in [2.75, 3.05) is 7.11 Å². The predicted molar refractivity (Wildman–Crippen MR) is 139 cm³/mol. The molecule has 2 atom stereocenters. The van der Waals surface area contributed by atoms with Crippen LogP contribution in [0, 0.1) is 5.82 Å². The van der Waals surface area contributed by atoms with Crippen LogP contribution in [-0.4, -0.2) is 33.8 Å². The number of fused-ring (bicyclic) bond motifs is 1. The van der Waals surface area contributed by atoms with Crippen LogP contribution in [0.1, 0.15) is 29.1 Å². The van der Waals surface area contributed by atoms with Gasteiger partial charge in [0.15, 0.2) is 0 Å². The number of benzene rings is 3. The minimum absolute atomic E-state index is 0.291. The first-order valence-corrected chi connectivity index (χ1v) is 11.8. The number of methoxy groups -OCH3 is 1. The monoisotopic (exact) mass is 496 g/mol. The summed E-state index contributed by atoms with van der Waals surface area (Å²) in [6.07, 6.45) is 2.79. The Balaban J connectivity index is 1.44. The second kappa shape index (κ2) is 10.5. The van der Waals surface area contributed by atoms with Gasteiger partial charge < -0.3 is 14.8 Å². The summed E-state index contributed by atoms with van der Waals surface area (Å²) in [7, 11) is 1.61. The lowest BCUT2D eigenvalue weighted by Crippen LogP contribution is -2.39. The van der Waals surface area contributed by atoms with E-state index in [0.717, 1.165) is 22.2 Å². The summed E-state index contributed by atoms with van der Waals surface area (Å²) in [6, 6.07) is 24.2. The third-order valence-corrected chi connectivity index (χ3v) is 6.01. The predicted octanol–water partition coefficient (Wildman–Crippen LogP) is 5.51. The van der Waals surface area contributed by atoms with Crippen molar-refractivity contribution in [1.29, 1.82) is 0 Å². The Morgan fingerprint density at radius 2 is 1.81 bits per heavy atom. The minimum atomic E-state index is -0.521. The van der Waals surface area contributed by atoms with E-state index in [4.69, 9.17) is 9.47 Å². The smallest absolute Gasteiger partial charge is 0.270 e. The van der Waals surface area contributed by atoms with Gasteiger partial charge in [0.05, 0.1) is 30.6 Å². The maximum absolute atomic E-state index is 13.4. The summed E-state index contributed by atoms with van der Waals surface area (Å²) in [6.45, 7) is 1.88. The van der Waals surface area contributed by atoms with E-state index >= 15 is 0 Å². The number of hydrogen-bond acceptors (Lipinski definition) is 5. The fourth-order valence-corrected chi connectivity index (χ4v) is 4.15. The van der Waals surface area contributed by atoms with E-state index in [0.29, 0.717) is 17.2 Å². The van der Waals surface area contributed by atoms with Gasteiger partial charge >= 0.3 is 0 Å². The van der Waals surface area contributed by atoms with Crippen molar-refractivity contribution in [3.8, 4) is 17.2 Å². The summed E-state index contributed by atoms with van der Waals surface area (Å²) in [5, 5.41) is 8.33. The Bertz CT molecular complexity index is 1520. The van der Waals surface area contributed by atoms with Crippen molar-refractivity contribution in [2.24, 2.45) is 0 Å². The van der Waals surface area contributed by atoms with Crippen LogP contribution in [0.4, 0.5) is 4.39 Å². The highest BCUT2D eigenvalue weighted by Gasteiger charge is 2.25. The summed E-state index contributed by atoms with van der Waals surface area (Å²) < 4.78 is 27.0. The molecule has 0 saturated heterocycles. The maximum atomic E-state index is 13.4. The first kappa shape index (κ1) is 24.0. The molecule has 0 spiro atoms. The molecule has 37 heavy (non-hydrogen) atoms. The maximum Gasteiger partial charge on any atom is 0.270 e. The van der Waals surface area contributed by atoms with Crippen molar-refractivity contribution in [3.63, 3.8) is 0 Å². The number of rotatable bonds is 8. The molecule has 0 aliphatic carbocycles. The summed E-state index contributed by atoms with van der Waals surface area (Å²) in [5.74, 6) is 0.702. The SMILES string of the molecule is COc1cccc([C@@H](Oc2ccc3c(cnn3-c3ccc(F)cc3)c2)[C@H](C)NC(=O)c2ccccn2)c1. The molecule has 0 unspecified atom stereocenters. The zero-order valence-electron chi connectivity index (χ0n) is 20.3. The number of nitrogens with one attached hydrogen (secondary N) is 1. The molecule has 8 heteroatoms. The number of carbonyl (C=O) groups is 1. The van der Waals surface area contributed by atoms with Gasteiger partial charge in [-0.1, -0.05) is 18.2 Å². The number of pyridine rings is 1. The Morgan fingerprint density at radius 3 is 2.57 bits per heavy atom. The first-order chi connectivity index (χ1) is 18.0. The fraction of sp³-hybridized carbons (Fsp3) is 0.138. The molecule has 0 aliphatic heterocycles. The van der Waals surface area contributed by atoms with E-state index in [1.807, 2.05) is 49.4 Å². The lowest BCUT2D eigenvalue weighted by molar-refractivity contribution is 0.0877. The van der Waals surface area contributed by atoms with Crippen LogP contribution in [0.5, 0.6) is 11.5 Å². The van der Waals surface area contributed by atoms with E-state index in [1.165, 1.54) is 12.1 Å². The van der Waals surface area contributed by atoms with Gasteiger partial charge in [0, 0.05) is 11.6 Å². The highest BCUT2D eigenvalue weighted by Crippen LogP contribution is 2.30. The van der Waals surface area contributed by atoms with Crippen molar-refractivity contribution in [2.45, 2.75) is 19.1 Å². The Hall–Kier alpha value is -4.72. The molecule has 2 aromatic heterocycles. The van der Waals surface area contributed by atoms with Crippen LogP contribution >= 0.6 is 0 Å². The molecule has 0 fully saturated rings. The van der Waals surface area contributed by atoms with Crippen molar-refractivity contribution < 1.29 is 18.7 Å². The number of aromatic nitrogens is 3. The van der Waals surface area contributed by atoms with E-state index in [2.05, 4.69) is 15.4 Å². The van der Waals surface area contributed by atoms with Crippen LogP contribution in [-0.2, 0) is 0 Å².